The number of rotatable bonds is 5. The number of thiophene rings is 1. The fourth-order valence-electron chi connectivity index (χ4n) is 5.09. The molecule has 0 spiro atoms. The Hall–Kier alpha value is -1.58. The molecule has 0 saturated heterocycles. The van der Waals surface area contributed by atoms with Crippen molar-refractivity contribution in [3.63, 3.8) is 0 Å². The Kier molecular flexibility index (Phi) is 6.52. The molecule has 1 nitrogen and oxygen atoms in total. The maximum absolute atomic E-state index is 6.52. The molecule has 0 amide bonds. The van der Waals surface area contributed by atoms with Crippen molar-refractivity contribution in [2.24, 2.45) is 0 Å². The number of ether oxygens (including phenoxy) is 1. The van der Waals surface area contributed by atoms with Crippen LogP contribution in [-0.2, 0) is 10.8 Å². The van der Waals surface area contributed by atoms with Gasteiger partial charge in [0.1, 0.15) is 12.4 Å². The molecule has 3 heteroatoms. The third-order valence-electron chi connectivity index (χ3n) is 7.10. The third kappa shape index (κ3) is 4.31. The van der Waals surface area contributed by atoms with Crippen LogP contribution in [0.2, 0.25) is 13.1 Å². The Bertz CT molecular complexity index is 1070. The fraction of sp³-hybridized carbons (Fsp3) is 0.517. The van der Waals surface area contributed by atoms with Gasteiger partial charge < -0.3 is 4.74 Å². The standard InChI is InChI=1S/C29H42OSSi/c1-13-14-30-25-23(29(8,9)10)16-21(28(5,6)7)17-24(25)32(11,12)27-20(4)19(3)22-15-18(2)31-26(22)27/h13,15-17,27H,1,14H2,2-12H3. The summed E-state index contributed by atoms with van der Waals surface area (Å²) in [5, 5.41) is 1.45. The van der Waals surface area contributed by atoms with Crippen molar-refractivity contribution in [3.05, 3.63) is 62.9 Å². The number of hydrogen-bond acceptors (Lipinski definition) is 2. The van der Waals surface area contributed by atoms with Gasteiger partial charge in [0.25, 0.3) is 0 Å². The van der Waals surface area contributed by atoms with Gasteiger partial charge in [-0.15, -0.1) is 11.3 Å². The van der Waals surface area contributed by atoms with Crippen LogP contribution < -0.4 is 9.92 Å². The van der Waals surface area contributed by atoms with Crippen LogP contribution in [0.5, 0.6) is 5.75 Å². The van der Waals surface area contributed by atoms with Crippen molar-refractivity contribution in [2.45, 2.75) is 91.8 Å². The molecule has 0 bridgehead atoms. The van der Waals surface area contributed by atoms with E-state index in [1.54, 1.807) is 10.5 Å². The molecule has 1 aliphatic carbocycles. The first-order valence-electron chi connectivity index (χ1n) is 11.8. The maximum Gasteiger partial charge on any atom is 0.122 e. The molecule has 0 saturated carbocycles. The topological polar surface area (TPSA) is 9.23 Å². The zero-order valence-corrected chi connectivity index (χ0v) is 23.9. The predicted octanol–water partition coefficient (Wildman–Crippen LogP) is 8.26. The normalized spacial score (nSPS) is 17.0. The van der Waals surface area contributed by atoms with Gasteiger partial charge in [-0.25, -0.2) is 0 Å². The first-order valence-corrected chi connectivity index (χ1v) is 15.7. The molecular formula is C29H42OSSi. The second kappa shape index (κ2) is 8.33. The van der Waals surface area contributed by atoms with Crippen LogP contribution >= 0.6 is 11.3 Å². The van der Waals surface area contributed by atoms with Crippen molar-refractivity contribution in [3.8, 4) is 5.75 Å². The molecule has 1 aliphatic rings. The molecule has 0 fully saturated rings. The van der Waals surface area contributed by atoms with Gasteiger partial charge in [0.15, 0.2) is 0 Å². The van der Waals surface area contributed by atoms with Gasteiger partial charge in [-0.2, -0.15) is 0 Å². The Labute approximate surface area is 201 Å². The average molecular weight is 467 g/mol. The van der Waals surface area contributed by atoms with E-state index in [9.17, 15) is 0 Å². The van der Waals surface area contributed by atoms with Gasteiger partial charge in [0, 0.05) is 15.3 Å². The number of hydrogen-bond donors (Lipinski definition) is 0. The SMILES string of the molecule is C=CCOc1c(C(C)(C)C)cc(C(C)(C)C)cc1[Si](C)(C)C1C(C)=C(C)c2cc(C)sc21. The monoisotopic (exact) mass is 466 g/mol. The van der Waals surface area contributed by atoms with Gasteiger partial charge in [-0.3, -0.25) is 0 Å². The molecule has 174 valence electrons. The van der Waals surface area contributed by atoms with Gasteiger partial charge in [-0.1, -0.05) is 85.0 Å². The van der Waals surface area contributed by atoms with E-state index in [-0.39, 0.29) is 10.8 Å². The summed E-state index contributed by atoms with van der Waals surface area (Å²) in [7, 11) is -2.01. The van der Waals surface area contributed by atoms with Crippen LogP contribution in [0.25, 0.3) is 5.57 Å². The molecule has 0 N–H and O–H groups in total. The minimum Gasteiger partial charge on any atom is -0.489 e. The summed E-state index contributed by atoms with van der Waals surface area (Å²) >= 11 is 1.99. The summed E-state index contributed by atoms with van der Waals surface area (Å²) in [5.74, 6) is 1.11. The van der Waals surface area contributed by atoms with Crippen LogP contribution in [0.4, 0.5) is 0 Å². The molecule has 1 atom stereocenters. The Balaban J connectivity index is 2.35. The van der Waals surface area contributed by atoms with E-state index in [0.29, 0.717) is 12.1 Å². The zero-order chi connectivity index (χ0) is 24.2. The number of benzene rings is 1. The first kappa shape index (κ1) is 25.0. The molecule has 1 heterocycles. The van der Waals surface area contributed by atoms with Crippen molar-refractivity contribution >= 4 is 30.2 Å². The van der Waals surface area contributed by atoms with E-state index in [0.717, 1.165) is 5.75 Å². The van der Waals surface area contributed by atoms with E-state index in [1.165, 1.54) is 32.3 Å². The summed E-state index contributed by atoms with van der Waals surface area (Å²) in [6.45, 7) is 30.4. The molecule has 1 aromatic carbocycles. The molecule has 0 aliphatic heterocycles. The maximum atomic E-state index is 6.52. The highest BCUT2D eigenvalue weighted by Crippen LogP contribution is 2.50. The van der Waals surface area contributed by atoms with Crippen LogP contribution in [0, 0.1) is 6.92 Å². The second-order valence-electron chi connectivity index (χ2n) is 12.1. The fourth-order valence-corrected chi connectivity index (χ4v) is 11.0. The van der Waals surface area contributed by atoms with Crippen molar-refractivity contribution in [1.82, 2.24) is 0 Å². The lowest BCUT2D eigenvalue weighted by Gasteiger charge is -2.37. The summed E-state index contributed by atoms with van der Waals surface area (Å²) in [4.78, 5) is 2.99. The molecule has 32 heavy (non-hydrogen) atoms. The predicted molar refractivity (Wildman–Crippen MR) is 147 cm³/mol. The summed E-state index contributed by atoms with van der Waals surface area (Å²) in [6, 6.07) is 7.28. The van der Waals surface area contributed by atoms with E-state index in [2.05, 4.69) is 100 Å². The molecule has 2 aromatic rings. The molecule has 0 radical (unpaired) electrons. The highest BCUT2D eigenvalue weighted by Gasteiger charge is 2.45. The molecule has 1 aromatic heterocycles. The van der Waals surface area contributed by atoms with Crippen molar-refractivity contribution < 1.29 is 4.74 Å². The lowest BCUT2D eigenvalue weighted by atomic mass is 9.80. The summed E-state index contributed by atoms with van der Waals surface area (Å²) < 4.78 is 6.52. The minimum atomic E-state index is -2.01. The minimum absolute atomic E-state index is 0.00184. The Morgan fingerprint density at radius 1 is 1.00 bits per heavy atom. The van der Waals surface area contributed by atoms with Gasteiger partial charge in [0.05, 0.1) is 8.07 Å². The van der Waals surface area contributed by atoms with E-state index in [1.807, 2.05) is 17.4 Å². The van der Waals surface area contributed by atoms with E-state index >= 15 is 0 Å². The van der Waals surface area contributed by atoms with Crippen LogP contribution in [0.1, 0.15) is 87.4 Å². The second-order valence-corrected chi connectivity index (χ2v) is 17.9. The quantitative estimate of drug-likeness (QED) is 0.318. The van der Waals surface area contributed by atoms with Crippen molar-refractivity contribution in [1.29, 1.82) is 0 Å². The largest absolute Gasteiger partial charge is 0.489 e. The van der Waals surface area contributed by atoms with Gasteiger partial charge in [0.2, 0.25) is 0 Å². The number of aryl methyl sites for hydroxylation is 1. The summed E-state index contributed by atoms with van der Waals surface area (Å²) in [5.41, 5.74) is 7.80. The molecular weight excluding hydrogens is 424 g/mol. The smallest absolute Gasteiger partial charge is 0.122 e. The number of fused-ring (bicyclic) bond motifs is 1. The first-order chi connectivity index (χ1) is 14.6. The lowest BCUT2D eigenvalue weighted by molar-refractivity contribution is 0.353. The molecule has 3 rings (SSSR count). The van der Waals surface area contributed by atoms with Gasteiger partial charge in [-0.05, 0) is 65.1 Å². The highest BCUT2D eigenvalue weighted by molar-refractivity contribution is 7.13. The number of allylic oxidation sites excluding steroid dienone is 2. The Morgan fingerprint density at radius 2 is 1.62 bits per heavy atom. The Morgan fingerprint density at radius 3 is 2.16 bits per heavy atom. The van der Waals surface area contributed by atoms with Crippen LogP contribution in [0.3, 0.4) is 0 Å². The van der Waals surface area contributed by atoms with Crippen molar-refractivity contribution in [2.75, 3.05) is 6.61 Å². The lowest BCUT2D eigenvalue weighted by Crippen LogP contribution is -2.49. The highest BCUT2D eigenvalue weighted by atomic mass is 32.1. The van der Waals surface area contributed by atoms with E-state index in [4.69, 9.17) is 4.74 Å². The zero-order valence-electron chi connectivity index (χ0n) is 22.1. The van der Waals surface area contributed by atoms with Gasteiger partial charge >= 0.3 is 0 Å². The average Bonchev–Trinajstić information content (AvgIpc) is 3.13. The molecule has 1 unspecified atom stereocenters. The van der Waals surface area contributed by atoms with Crippen LogP contribution in [-0.4, -0.2) is 14.7 Å². The van der Waals surface area contributed by atoms with E-state index < -0.39 is 8.07 Å². The third-order valence-corrected chi connectivity index (χ3v) is 12.3. The summed E-state index contributed by atoms with van der Waals surface area (Å²) in [6.07, 6.45) is 1.87. The van der Waals surface area contributed by atoms with Crippen LogP contribution in [0.15, 0.2) is 36.4 Å².